The molecule has 0 heterocycles. The van der Waals surface area contributed by atoms with E-state index in [-0.39, 0.29) is 0 Å². The first-order chi connectivity index (χ1) is 10.5. The van der Waals surface area contributed by atoms with Crippen LogP contribution < -0.4 is 0 Å². The first-order valence-corrected chi connectivity index (χ1v) is 12.7. The van der Waals surface area contributed by atoms with E-state index in [4.69, 9.17) is 4.43 Å². The number of aliphatic hydroxyl groups excluding tert-OH is 1. The van der Waals surface area contributed by atoms with E-state index in [9.17, 15) is 5.11 Å². The van der Waals surface area contributed by atoms with Gasteiger partial charge in [0.25, 0.3) is 0 Å². The maximum atomic E-state index is 9.35. The highest BCUT2D eigenvalue weighted by molar-refractivity contribution is 6.74. The first-order valence-electron chi connectivity index (χ1n) is 9.81. The van der Waals surface area contributed by atoms with Crippen LogP contribution in [0.5, 0.6) is 0 Å². The van der Waals surface area contributed by atoms with Gasteiger partial charge in [0.15, 0.2) is 8.32 Å². The highest BCUT2D eigenvalue weighted by Gasteiger charge is 2.54. The third-order valence-corrected chi connectivity index (χ3v) is 12.2. The van der Waals surface area contributed by atoms with Crippen LogP contribution in [0.25, 0.3) is 0 Å². The summed E-state index contributed by atoms with van der Waals surface area (Å²) in [5.41, 5.74) is 0.430. The Morgan fingerprint density at radius 3 is 2.43 bits per heavy atom. The summed E-state index contributed by atoms with van der Waals surface area (Å²) in [7, 11) is -1.69. The molecule has 136 valence electrons. The van der Waals surface area contributed by atoms with Crippen LogP contribution in [0.1, 0.15) is 73.1 Å². The van der Waals surface area contributed by atoms with Gasteiger partial charge < -0.3 is 9.53 Å². The second kappa shape index (κ2) is 6.80. The summed E-state index contributed by atoms with van der Waals surface area (Å²) in [5, 5.41) is 9.65. The van der Waals surface area contributed by atoms with Crippen molar-refractivity contribution in [2.24, 2.45) is 23.2 Å². The summed E-state index contributed by atoms with van der Waals surface area (Å²) >= 11 is 0. The minimum absolute atomic E-state index is 0.295. The Balaban J connectivity index is 2.15. The van der Waals surface area contributed by atoms with Crippen molar-refractivity contribution >= 4 is 8.32 Å². The van der Waals surface area contributed by atoms with Gasteiger partial charge in [0, 0.05) is 12.7 Å². The second-order valence-corrected chi connectivity index (χ2v) is 14.9. The number of aliphatic hydroxyl groups is 1. The van der Waals surface area contributed by atoms with Crippen LogP contribution in [0.3, 0.4) is 0 Å². The quantitative estimate of drug-likeness (QED) is 0.659. The molecule has 5 atom stereocenters. The third kappa shape index (κ3) is 3.72. The van der Waals surface area contributed by atoms with E-state index in [1.165, 1.54) is 32.1 Å². The van der Waals surface area contributed by atoms with E-state index in [2.05, 4.69) is 47.7 Å². The van der Waals surface area contributed by atoms with Crippen LogP contribution in [0, 0.1) is 23.2 Å². The molecule has 2 nitrogen and oxygen atoms in total. The molecule has 0 aliphatic heterocycles. The molecule has 2 aliphatic carbocycles. The first kappa shape index (κ1) is 19.5. The summed E-state index contributed by atoms with van der Waals surface area (Å²) in [4.78, 5) is 0. The second-order valence-electron chi connectivity index (χ2n) is 10.1. The number of hydrogen-bond acceptors (Lipinski definition) is 2. The van der Waals surface area contributed by atoms with Crippen molar-refractivity contribution in [1.82, 2.24) is 0 Å². The molecule has 0 saturated heterocycles. The van der Waals surface area contributed by atoms with Gasteiger partial charge in [-0.2, -0.15) is 0 Å². The van der Waals surface area contributed by atoms with Gasteiger partial charge in [-0.25, -0.2) is 0 Å². The molecule has 3 heteroatoms. The zero-order valence-electron chi connectivity index (χ0n) is 16.6. The molecule has 23 heavy (non-hydrogen) atoms. The fraction of sp³-hybridized carbons (Fsp3) is 1.00. The smallest absolute Gasteiger partial charge is 0.192 e. The lowest BCUT2D eigenvalue weighted by atomic mass is 9.61. The van der Waals surface area contributed by atoms with Crippen molar-refractivity contribution in [1.29, 1.82) is 0 Å². The van der Waals surface area contributed by atoms with Gasteiger partial charge >= 0.3 is 0 Å². The Kier molecular flexibility index (Phi) is 5.75. The van der Waals surface area contributed by atoms with Crippen LogP contribution in [0.2, 0.25) is 18.1 Å². The molecular formula is C20H40O2Si. The molecule has 2 saturated carbocycles. The summed E-state index contributed by atoms with van der Waals surface area (Å²) in [6, 6.07) is 0. The molecule has 0 radical (unpaired) electrons. The van der Waals surface area contributed by atoms with Crippen LogP contribution in [-0.2, 0) is 4.43 Å². The summed E-state index contributed by atoms with van der Waals surface area (Å²) in [6.45, 7) is 17.1. The average molecular weight is 341 g/mol. The molecule has 0 aromatic heterocycles. The van der Waals surface area contributed by atoms with Crippen molar-refractivity contribution in [2.75, 3.05) is 6.61 Å². The lowest BCUT2D eigenvalue weighted by Crippen LogP contribution is -2.50. The average Bonchev–Trinajstić information content (AvgIpc) is 2.75. The van der Waals surface area contributed by atoms with E-state index in [0.29, 0.717) is 29.1 Å². The molecule has 2 aliphatic rings. The van der Waals surface area contributed by atoms with Crippen molar-refractivity contribution in [2.45, 2.75) is 97.4 Å². The lowest BCUT2D eigenvalue weighted by molar-refractivity contribution is -0.0223. The molecule has 2 rings (SSSR count). The van der Waals surface area contributed by atoms with Gasteiger partial charge in [-0.05, 0) is 73.4 Å². The molecule has 2 unspecified atom stereocenters. The molecule has 0 amide bonds. The number of fused-ring (bicyclic) bond motifs is 1. The van der Waals surface area contributed by atoms with Crippen LogP contribution in [0.15, 0.2) is 0 Å². The Labute approximate surface area is 145 Å². The van der Waals surface area contributed by atoms with Gasteiger partial charge in [0.2, 0.25) is 0 Å². The Hall–Kier alpha value is 0.137. The molecule has 0 bridgehead atoms. The van der Waals surface area contributed by atoms with Crippen molar-refractivity contribution in [3.63, 3.8) is 0 Å². The molecule has 0 spiro atoms. The van der Waals surface area contributed by atoms with Crippen molar-refractivity contribution in [3.8, 4) is 0 Å². The van der Waals surface area contributed by atoms with Crippen molar-refractivity contribution in [3.05, 3.63) is 0 Å². The molecule has 0 aromatic carbocycles. The number of rotatable bonds is 5. The minimum Gasteiger partial charge on any atom is -0.414 e. The fourth-order valence-corrected chi connectivity index (χ4v) is 6.59. The van der Waals surface area contributed by atoms with E-state index < -0.39 is 8.32 Å². The molecule has 2 fully saturated rings. The molecule has 0 aromatic rings. The zero-order valence-corrected chi connectivity index (χ0v) is 17.6. The predicted octanol–water partition coefficient (Wildman–Crippen LogP) is 5.61. The maximum Gasteiger partial charge on any atom is 0.192 e. The zero-order chi connectivity index (χ0) is 17.5. The largest absolute Gasteiger partial charge is 0.414 e. The Morgan fingerprint density at radius 2 is 1.87 bits per heavy atom. The van der Waals surface area contributed by atoms with E-state index in [1.807, 2.05) is 0 Å². The van der Waals surface area contributed by atoms with E-state index in [1.54, 1.807) is 0 Å². The minimum atomic E-state index is -1.69. The Bertz CT molecular complexity index is 401. The highest BCUT2D eigenvalue weighted by Crippen LogP contribution is 2.59. The normalized spacial score (nSPS) is 36.8. The van der Waals surface area contributed by atoms with Gasteiger partial charge in [-0.3, -0.25) is 0 Å². The van der Waals surface area contributed by atoms with Gasteiger partial charge in [-0.1, -0.05) is 41.0 Å². The standard InChI is InChI=1S/C20H40O2Si/c1-15(12-14-21)16-10-11-17-18(9-8-13-20(16,17)5)22-23(6,7)19(2,3)4/h15-18,21H,8-14H2,1-7H3/t15-,16?,17?,18-,20+/m0/s1. The van der Waals surface area contributed by atoms with Crippen LogP contribution in [-0.4, -0.2) is 26.1 Å². The van der Waals surface area contributed by atoms with Crippen LogP contribution in [0.4, 0.5) is 0 Å². The molecule has 1 N–H and O–H groups in total. The van der Waals surface area contributed by atoms with Gasteiger partial charge in [0.1, 0.15) is 0 Å². The van der Waals surface area contributed by atoms with Gasteiger partial charge in [-0.15, -0.1) is 0 Å². The third-order valence-electron chi connectivity index (χ3n) is 7.66. The van der Waals surface area contributed by atoms with Crippen molar-refractivity contribution < 1.29 is 9.53 Å². The topological polar surface area (TPSA) is 29.5 Å². The Morgan fingerprint density at radius 1 is 1.22 bits per heavy atom. The molecular weight excluding hydrogens is 300 g/mol. The van der Waals surface area contributed by atoms with Gasteiger partial charge in [0.05, 0.1) is 0 Å². The number of hydrogen-bond donors (Lipinski definition) is 1. The monoisotopic (exact) mass is 340 g/mol. The van der Waals surface area contributed by atoms with E-state index in [0.717, 1.165) is 18.3 Å². The fourth-order valence-electron chi connectivity index (χ4n) is 5.20. The summed E-state index contributed by atoms with van der Waals surface area (Å²) < 4.78 is 6.90. The lowest BCUT2D eigenvalue weighted by Gasteiger charge is -2.50. The summed E-state index contributed by atoms with van der Waals surface area (Å²) in [6.07, 6.45) is 8.02. The predicted molar refractivity (Wildman–Crippen MR) is 101 cm³/mol. The SMILES string of the molecule is C[C@@H](CCO)C1CCC2[C@@H](O[Si](C)(C)C(C)(C)C)CCC[C@@]21C. The van der Waals surface area contributed by atoms with Crippen LogP contribution >= 0.6 is 0 Å². The highest BCUT2D eigenvalue weighted by atomic mass is 28.4. The maximum absolute atomic E-state index is 9.35. The van der Waals surface area contributed by atoms with E-state index >= 15 is 0 Å². The summed E-state index contributed by atoms with van der Waals surface area (Å²) in [5.74, 6) is 2.14.